The number of guanidine groups is 1. The molecule has 0 aliphatic carbocycles. The molecule has 1 unspecified atom stereocenters. The highest BCUT2D eigenvalue weighted by molar-refractivity contribution is 14.0. The Bertz CT molecular complexity index is 949. The first kappa shape index (κ1) is 23.3. The number of nitrogens with zero attached hydrogens (tertiary/aromatic N) is 5. The summed E-state index contributed by atoms with van der Waals surface area (Å²) in [6.45, 7) is 9.27. The van der Waals surface area contributed by atoms with Crippen molar-refractivity contribution in [2.45, 2.75) is 46.8 Å². The normalized spacial score (nSPS) is 12.4. The fourth-order valence-corrected chi connectivity index (χ4v) is 3.70. The van der Waals surface area contributed by atoms with Gasteiger partial charge in [0.2, 0.25) is 0 Å². The van der Waals surface area contributed by atoms with Crippen LogP contribution in [0.4, 0.5) is 0 Å². The zero-order valence-electron chi connectivity index (χ0n) is 17.4. The van der Waals surface area contributed by atoms with E-state index >= 15 is 0 Å². The molecule has 9 heteroatoms. The number of hydrogen-bond donors (Lipinski definition) is 2. The van der Waals surface area contributed by atoms with Crippen molar-refractivity contribution in [1.82, 2.24) is 30.4 Å². The molecule has 0 aliphatic heterocycles. The fourth-order valence-electron chi connectivity index (χ4n) is 2.82. The Kier molecular flexibility index (Phi) is 8.57. The second kappa shape index (κ2) is 10.7. The molecule has 0 saturated carbocycles. The average Bonchev–Trinajstić information content (AvgIpc) is 3.18. The molecular weight excluding hydrogens is 497 g/mol. The maximum atomic E-state index is 4.74. The molecular formula is C20H28IN7S. The van der Waals surface area contributed by atoms with Crippen molar-refractivity contribution in [1.29, 1.82) is 0 Å². The molecule has 0 bridgehead atoms. The van der Waals surface area contributed by atoms with E-state index in [1.54, 1.807) is 11.3 Å². The highest BCUT2D eigenvalue weighted by Gasteiger charge is 2.11. The van der Waals surface area contributed by atoms with Gasteiger partial charge in [0.15, 0.2) is 11.8 Å². The Labute approximate surface area is 193 Å². The summed E-state index contributed by atoms with van der Waals surface area (Å²) in [7, 11) is 1.96. The minimum atomic E-state index is 0. The standard InChI is InChI=1S/C20H27N7S.HI/c1-13(17-9-7-6-8-10-17)24-20(21-11-18-14(2)23-16(4)28-18)22-12-19-26-25-15(3)27(19)5;/h6-10,13H,11-12H2,1-5H3,(H2,21,22,24);1H. The first-order valence-electron chi connectivity index (χ1n) is 9.31. The van der Waals surface area contributed by atoms with Crippen molar-refractivity contribution in [2.75, 3.05) is 0 Å². The molecule has 3 aromatic rings. The predicted octanol–water partition coefficient (Wildman–Crippen LogP) is 3.81. The third-order valence-corrected chi connectivity index (χ3v) is 5.70. The highest BCUT2D eigenvalue weighted by Crippen LogP contribution is 2.17. The van der Waals surface area contributed by atoms with E-state index in [1.165, 1.54) is 10.4 Å². The lowest BCUT2D eigenvalue weighted by molar-refractivity contribution is 0.677. The van der Waals surface area contributed by atoms with Crippen LogP contribution in [0.15, 0.2) is 35.3 Å². The van der Waals surface area contributed by atoms with E-state index in [4.69, 9.17) is 4.99 Å². The van der Waals surface area contributed by atoms with Gasteiger partial charge in [-0.15, -0.1) is 45.5 Å². The molecule has 1 aromatic carbocycles. The minimum Gasteiger partial charge on any atom is -0.351 e. The molecule has 2 N–H and O–H groups in total. The van der Waals surface area contributed by atoms with Crippen molar-refractivity contribution in [3.05, 3.63) is 63.1 Å². The summed E-state index contributed by atoms with van der Waals surface area (Å²) in [5.74, 6) is 2.44. The number of halogens is 1. The van der Waals surface area contributed by atoms with Crippen LogP contribution in [-0.4, -0.2) is 25.7 Å². The van der Waals surface area contributed by atoms with Gasteiger partial charge in [0.05, 0.1) is 23.3 Å². The van der Waals surface area contributed by atoms with Crippen LogP contribution < -0.4 is 10.6 Å². The summed E-state index contributed by atoms with van der Waals surface area (Å²) in [6, 6.07) is 10.5. The topological polar surface area (TPSA) is 80.0 Å². The number of rotatable bonds is 6. The van der Waals surface area contributed by atoms with Crippen molar-refractivity contribution >= 4 is 41.3 Å². The molecule has 3 rings (SSSR count). The van der Waals surface area contributed by atoms with Crippen molar-refractivity contribution in [3.63, 3.8) is 0 Å². The SMILES string of the molecule is Cc1nc(C)c(CNC(=NCc2nnc(C)n2C)NC(C)c2ccccc2)s1.I. The number of aromatic nitrogens is 4. The molecule has 2 heterocycles. The highest BCUT2D eigenvalue weighted by atomic mass is 127. The Morgan fingerprint density at radius 2 is 1.90 bits per heavy atom. The van der Waals surface area contributed by atoms with Gasteiger partial charge in [-0.25, -0.2) is 9.98 Å². The van der Waals surface area contributed by atoms with E-state index in [-0.39, 0.29) is 30.0 Å². The zero-order valence-corrected chi connectivity index (χ0v) is 20.6. The molecule has 156 valence electrons. The third-order valence-electron chi connectivity index (χ3n) is 4.63. The van der Waals surface area contributed by atoms with Gasteiger partial charge in [0, 0.05) is 11.9 Å². The van der Waals surface area contributed by atoms with Crippen LogP contribution >= 0.6 is 35.3 Å². The first-order valence-corrected chi connectivity index (χ1v) is 10.1. The number of aryl methyl sites for hydroxylation is 3. The lowest BCUT2D eigenvalue weighted by atomic mass is 10.1. The van der Waals surface area contributed by atoms with Gasteiger partial charge >= 0.3 is 0 Å². The second-order valence-electron chi connectivity index (χ2n) is 6.76. The fraction of sp³-hybridized carbons (Fsp3) is 0.400. The van der Waals surface area contributed by atoms with Gasteiger partial charge in [0.25, 0.3) is 0 Å². The van der Waals surface area contributed by atoms with Gasteiger partial charge < -0.3 is 15.2 Å². The Balaban J connectivity index is 0.00000300. The average molecular weight is 525 g/mol. The molecule has 0 saturated heterocycles. The van der Waals surface area contributed by atoms with E-state index in [9.17, 15) is 0 Å². The predicted molar refractivity (Wildman–Crippen MR) is 129 cm³/mol. The van der Waals surface area contributed by atoms with Gasteiger partial charge in [-0.3, -0.25) is 0 Å². The van der Waals surface area contributed by atoms with Gasteiger partial charge in [-0.1, -0.05) is 30.3 Å². The summed E-state index contributed by atoms with van der Waals surface area (Å²) < 4.78 is 1.96. The maximum absolute atomic E-state index is 4.74. The smallest absolute Gasteiger partial charge is 0.192 e. The van der Waals surface area contributed by atoms with E-state index < -0.39 is 0 Å². The van der Waals surface area contributed by atoms with Crippen LogP contribution in [0.1, 0.15) is 45.8 Å². The van der Waals surface area contributed by atoms with Crippen LogP contribution in [0.25, 0.3) is 0 Å². The molecule has 0 aliphatic rings. The maximum Gasteiger partial charge on any atom is 0.192 e. The van der Waals surface area contributed by atoms with Gasteiger partial charge in [0.1, 0.15) is 12.4 Å². The summed E-state index contributed by atoms with van der Waals surface area (Å²) in [5, 5.41) is 16.3. The third kappa shape index (κ3) is 6.23. The quantitative estimate of drug-likeness (QED) is 0.291. The lowest BCUT2D eigenvalue weighted by Gasteiger charge is -2.18. The van der Waals surface area contributed by atoms with Crippen LogP contribution in [0.2, 0.25) is 0 Å². The number of aliphatic imine (C=N–C) groups is 1. The molecule has 2 aromatic heterocycles. The number of thiazole rings is 1. The Hall–Kier alpha value is -2.01. The molecule has 0 radical (unpaired) electrons. The first-order chi connectivity index (χ1) is 13.4. The van der Waals surface area contributed by atoms with Gasteiger partial charge in [-0.05, 0) is 33.3 Å². The minimum absolute atomic E-state index is 0. The summed E-state index contributed by atoms with van der Waals surface area (Å²) in [5.41, 5.74) is 2.27. The van der Waals surface area contributed by atoms with E-state index in [2.05, 4.69) is 44.9 Å². The summed E-state index contributed by atoms with van der Waals surface area (Å²) in [6.07, 6.45) is 0. The molecule has 1 atom stereocenters. The van der Waals surface area contributed by atoms with Crippen LogP contribution in [0.3, 0.4) is 0 Å². The largest absolute Gasteiger partial charge is 0.351 e. The van der Waals surface area contributed by atoms with E-state index in [0.717, 1.165) is 28.3 Å². The molecule has 0 fully saturated rings. The summed E-state index contributed by atoms with van der Waals surface area (Å²) >= 11 is 1.71. The molecule has 0 spiro atoms. The van der Waals surface area contributed by atoms with E-state index in [0.29, 0.717) is 13.1 Å². The van der Waals surface area contributed by atoms with Crippen molar-refractivity contribution < 1.29 is 0 Å². The molecule has 7 nitrogen and oxygen atoms in total. The lowest BCUT2D eigenvalue weighted by Crippen LogP contribution is -2.38. The number of nitrogens with one attached hydrogen (secondary N) is 2. The Morgan fingerprint density at radius 1 is 1.17 bits per heavy atom. The van der Waals surface area contributed by atoms with Gasteiger partial charge in [-0.2, -0.15) is 0 Å². The number of benzene rings is 1. The van der Waals surface area contributed by atoms with Crippen LogP contribution in [-0.2, 0) is 20.1 Å². The molecule has 0 amide bonds. The van der Waals surface area contributed by atoms with E-state index in [1.807, 2.05) is 50.6 Å². The summed E-state index contributed by atoms with van der Waals surface area (Å²) in [4.78, 5) is 10.5. The van der Waals surface area contributed by atoms with Crippen molar-refractivity contribution in [3.8, 4) is 0 Å². The molecule has 29 heavy (non-hydrogen) atoms. The number of hydrogen-bond acceptors (Lipinski definition) is 5. The monoisotopic (exact) mass is 525 g/mol. The second-order valence-corrected chi connectivity index (χ2v) is 8.05. The van der Waals surface area contributed by atoms with Crippen molar-refractivity contribution in [2.24, 2.45) is 12.0 Å². The Morgan fingerprint density at radius 3 is 2.48 bits per heavy atom. The van der Waals surface area contributed by atoms with Crippen LogP contribution in [0.5, 0.6) is 0 Å². The van der Waals surface area contributed by atoms with Crippen LogP contribution in [0, 0.1) is 20.8 Å². The zero-order chi connectivity index (χ0) is 20.1.